The molecule has 0 bridgehead atoms. The summed E-state index contributed by atoms with van der Waals surface area (Å²) < 4.78 is 32.3. The summed E-state index contributed by atoms with van der Waals surface area (Å²) in [5.74, 6) is -0.624. The maximum atomic E-state index is 13.8. The molecule has 0 saturated heterocycles. The molecule has 96 valence electrons. The van der Waals surface area contributed by atoms with Crippen LogP contribution < -0.4 is 4.74 Å². The highest BCUT2D eigenvalue weighted by atomic mass is 19.1. The van der Waals surface area contributed by atoms with E-state index in [0.29, 0.717) is 22.6 Å². The fourth-order valence-corrected chi connectivity index (χ4v) is 2.12. The van der Waals surface area contributed by atoms with Crippen molar-refractivity contribution in [1.29, 1.82) is 0 Å². The summed E-state index contributed by atoms with van der Waals surface area (Å²) in [7, 11) is 0. The molecule has 1 aromatic carbocycles. The Bertz CT molecular complexity index is 683. The maximum absolute atomic E-state index is 13.8. The van der Waals surface area contributed by atoms with Gasteiger partial charge in [-0.1, -0.05) is 0 Å². The molecule has 2 aromatic rings. The molecule has 3 rings (SSSR count). The Hall–Kier alpha value is -2.30. The molecule has 0 fully saturated rings. The number of fused-ring (bicyclic) bond motifs is 1. The van der Waals surface area contributed by atoms with Crippen molar-refractivity contribution in [3.8, 4) is 5.75 Å². The SMILES string of the molecule is CC1=C(c2ccc(F)cc2F)COc2cncnc21. The normalized spacial score (nSPS) is 14.1. The Kier molecular flexibility index (Phi) is 2.74. The van der Waals surface area contributed by atoms with Gasteiger partial charge in [-0.3, -0.25) is 0 Å². The van der Waals surface area contributed by atoms with Crippen LogP contribution in [0.2, 0.25) is 0 Å². The van der Waals surface area contributed by atoms with Crippen molar-refractivity contribution < 1.29 is 13.5 Å². The van der Waals surface area contributed by atoms with Gasteiger partial charge in [-0.25, -0.2) is 18.7 Å². The molecule has 1 aliphatic heterocycles. The van der Waals surface area contributed by atoms with E-state index in [4.69, 9.17) is 4.74 Å². The molecule has 0 aliphatic carbocycles. The van der Waals surface area contributed by atoms with Gasteiger partial charge in [-0.2, -0.15) is 0 Å². The van der Waals surface area contributed by atoms with Crippen molar-refractivity contribution in [2.75, 3.05) is 6.61 Å². The fraction of sp³-hybridized carbons (Fsp3) is 0.143. The van der Waals surface area contributed by atoms with Crippen LogP contribution in [0.4, 0.5) is 8.78 Å². The zero-order valence-electron chi connectivity index (χ0n) is 10.2. The second-order valence-corrected chi connectivity index (χ2v) is 4.25. The van der Waals surface area contributed by atoms with Crippen molar-refractivity contribution in [3.63, 3.8) is 0 Å². The summed E-state index contributed by atoms with van der Waals surface area (Å²) in [5, 5.41) is 0. The van der Waals surface area contributed by atoms with E-state index in [-0.39, 0.29) is 6.61 Å². The molecule has 5 heteroatoms. The number of benzene rings is 1. The summed E-state index contributed by atoms with van der Waals surface area (Å²) >= 11 is 0. The van der Waals surface area contributed by atoms with Crippen molar-refractivity contribution in [2.24, 2.45) is 0 Å². The number of hydrogen-bond acceptors (Lipinski definition) is 3. The molecule has 1 aromatic heterocycles. The van der Waals surface area contributed by atoms with Gasteiger partial charge in [-0.05, 0) is 24.6 Å². The standard InChI is InChI=1S/C14H10F2N2O/c1-8-11(10-3-2-9(15)4-12(10)16)6-19-13-5-17-7-18-14(8)13/h2-5,7H,6H2,1H3. The highest BCUT2D eigenvalue weighted by Crippen LogP contribution is 2.35. The van der Waals surface area contributed by atoms with Crippen LogP contribution in [-0.2, 0) is 0 Å². The van der Waals surface area contributed by atoms with Crippen LogP contribution in [0.25, 0.3) is 11.1 Å². The zero-order valence-corrected chi connectivity index (χ0v) is 10.2. The van der Waals surface area contributed by atoms with E-state index in [1.54, 1.807) is 6.20 Å². The Morgan fingerprint density at radius 1 is 1.26 bits per heavy atom. The smallest absolute Gasteiger partial charge is 0.164 e. The Morgan fingerprint density at radius 3 is 2.89 bits per heavy atom. The van der Waals surface area contributed by atoms with Crippen LogP contribution in [0, 0.1) is 11.6 Å². The summed E-state index contributed by atoms with van der Waals surface area (Å²) in [6.07, 6.45) is 2.99. The van der Waals surface area contributed by atoms with Crippen LogP contribution in [0.5, 0.6) is 5.75 Å². The first-order valence-electron chi connectivity index (χ1n) is 5.75. The van der Waals surface area contributed by atoms with Crippen molar-refractivity contribution in [1.82, 2.24) is 9.97 Å². The first-order valence-corrected chi connectivity index (χ1v) is 5.75. The van der Waals surface area contributed by atoms with E-state index in [0.717, 1.165) is 11.6 Å². The number of halogens is 2. The quantitative estimate of drug-likeness (QED) is 0.790. The Labute approximate surface area is 108 Å². The van der Waals surface area contributed by atoms with E-state index < -0.39 is 11.6 Å². The highest BCUT2D eigenvalue weighted by Gasteiger charge is 2.21. The average Bonchev–Trinajstić information content (AvgIpc) is 2.41. The summed E-state index contributed by atoms with van der Waals surface area (Å²) in [6, 6.07) is 3.51. The van der Waals surface area contributed by atoms with Crippen LogP contribution in [0.15, 0.2) is 30.7 Å². The first kappa shape index (κ1) is 11.8. The molecule has 2 heterocycles. The van der Waals surface area contributed by atoms with E-state index in [1.807, 2.05) is 6.92 Å². The van der Waals surface area contributed by atoms with Gasteiger partial charge in [-0.15, -0.1) is 0 Å². The minimum atomic E-state index is -0.601. The first-order chi connectivity index (χ1) is 9.16. The van der Waals surface area contributed by atoms with Crippen LogP contribution >= 0.6 is 0 Å². The Balaban J connectivity index is 2.16. The average molecular weight is 260 g/mol. The lowest BCUT2D eigenvalue weighted by Gasteiger charge is -2.21. The molecular weight excluding hydrogens is 250 g/mol. The van der Waals surface area contributed by atoms with E-state index in [2.05, 4.69) is 9.97 Å². The largest absolute Gasteiger partial charge is 0.485 e. The lowest BCUT2D eigenvalue weighted by atomic mass is 9.97. The number of allylic oxidation sites excluding steroid dienone is 1. The molecule has 0 spiro atoms. The second-order valence-electron chi connectivity index (χ2n) is 4.25. The molecule has 0 unspecified atom stereocenters. The number of nitrogens with zero attached hydrogens (tertiary/aromatic N) is 2. The topological polar surface area (TPSA) is 35.0 Å². The number of rotatable bonds is 1. The lowest BCUT2D eigenvalue weighted by Crippen LogP contribution is -2.12. The number of ether oxygens (including phenoxy) is 1. The molecule has 0 amide bonds. The van der Waals surface area contributed by atoms with Gasteiger partial charge in [0.15, 0.2) is 5.75 Å². The maximum Gasteiger partial charge on any atom is 0.164 e. The summed E-state index contributed by atoms with van der Waals surface area (Å²) in [6.45, 7) is 2.06. The van der Waals surface area contributed by atoms with Gasteiger partial charge in [0, 0.05) is 17.2 Å². The molecule has 0 radical (unpaired) electrons. The molecular formula is C14H10F2N2O. The highest BCUT2D eigenvalue weighted by molar-refractivity contribution is 5.92. The zero-order chi connectivity index (χ0) is 13.4. The molecule has 0 saturated carbocycles. The van der Waals surface area contributed by atoms with Gasteiger partial charge in [0.25, 0.3) is 0 Å². The third-order valence-corrected chi connectivity index (χ3v) is 3.11. The number of hydrogen-bond donors (Lipinski definition) is 0. The molecule has 0 atom stereocenters. The predicted molar refractivity (Wildman–Crippen MR) is 66.4 cm³/mol. The van der Waals surface area contributed by atoms with E-state index >= 15 is 0 Å². The van der Waals surface area contributed by atoms with Crippen LogP contribution in [0.1, 0.15) is 18.2 Å². The van der Waals surface area contributed by atoms with Crippen LogP contribution in [-0.4, -0.2) is 16.6 Å². The lowest BCUT2D eigenvalue weighted by molar-refractivity contribution is 0.360. The second kappa shape index (κ2) is 4.42. The van der Waals surface area contributed by atoms with Crippen molar-refractivity contribution in [3.05, 3.63) is 53.6 Å². The molecule has 0 N–H and O–H groups in total. The molecule has 3 nitrogen and oxygen atoms in total. The van der Waals surface area contributed by atoms with Crippen molar-refractivity contribution in [2.45, 2.75) is 6.92 Å². The third-order valence-electron chi connectivity index (χ3n) is 3.11. The Morgan fingerprint density at radius 2 is 2.11 bits per heavy atom. The van der Waals surface area contributed by atoms with E-state index in [1.165, 1.54) is 18.5 Å². The van der Waals surface area contributed by atoms with Gasteiger partial charge in [0.05, 0.1) is 6.20 Å². The minimum Gasteiger partial charge on any atom is -0.485 e. The van der Waals surface area contributed by atoms with Gasteiger partial charge >= 0.3 is 0 Å². The summed E-state index contributed by atoms with van der Waals surface area (Å²) in [4.78, 5) is 8.01. The molecule has 19 heavy (non-hydrogen) atoms. The van der Waals surface area contributed by atoms with Gasteiger partial charge in [0.2, 0.25) is 0 Å². The van der Waals surface area contributed by atoms with Gasteiger partial charge in [0.1, 0.15) is 30.3 Å². The predicted octanol–water partition coefficient (Wildman–Crippen LogP) is 3.08. The fourth-order valence-electron chi connectivity index (χ4n) is 2.12. The monoisotopic (exact) mass is 260 g/mol. The van der Waals surface area contributed by atoms with E-state index in [9.17, 15) is 8.78 Å². The minimum absolute atomic E-state index is 0.217. The number of aromatic nitrogens is 2. The molecule has 1 aliphatic rings. The van der Waals surface area contributed by atoms with Gasteiger partial charge < -0.3 is 4.74 Å². The summed E-state index contributed by atoms with van der Waals surface area (Å²) in [5.41, 5.74) is 2.46. The third kappa shape index (κ3) is 1.97. The van der Waals surface area contributed by atoms with Crippen molar-refractivity contribution >= 4 is 11.1 Å². The van der Waals surface area contributed by atoms with Crippen LogP contribution in [0.3, 0.4) is 0 Å².